The van der Waals surface area contributed by atoms with Crippen molar-refractivity contribution in [1.82, 2.24) is 4.98 Å². The van der Waals surface area contributed by atoms with E-state index in [-0.39, 0.29) is 5.69 Å². The number of pyridine rings is 1. The quantitative estimate of drug-likeness (QED) is 0.625. The summed E-state index contributed by atoms with van der Waals surface area (Å²) in [4.78, 5) is 14.4. The van der Waals surface area contributed by atoms with Gasteiger partial charge in [0.15, 0.2) is 0 Å². The first-order valence-electron chi connectivity index (χ1n) is 5.39. The summed E-state index contributed by atoms with van der Waals surface area (Å²) in [5.74, 6) is 2.32. The lowest BCUT2D eigenvalue weighted by Gasteiger charge is -2.11. The zero-order valence-corrected chi connectivity index (χ0v) is 11.1. The number of thioether (sulfide) groups is 1. The molecule has 0 spiro atoms. The van der Waals surface area contributed by atoms with Crippen molar-refractivity contribution in [2.75, 3.05) is 23.9 Å². The Morgan fingerprint density at radius 1 is 1.59 bits per heavy atom. The van der Waals surface area contributed by atoms with Gasteiger partial charge in [-0.15, -0.1) is 0 Å². The molecule has 0 fully saturated rings. The van der Waals surface area contributed by atoms with Gasteiger partial charge in [-0.3, -0.25) is 10.1 Å². The highest BCUT2D eigenvalue weighted by atomic mass is 32.2. The highest BCUT2D eigenvalue weighted by Gasteiger charge is 2.11. The monoisotopic (exact) mass is 255 g/mol. The first-order valence-corrected chi connectivity index (χ1v) is 6.78. The molecule has 1 atom stereocenters. The third-order valence-corrected chi connectivity index (χ3v) is 3.24. The second-order valence-corrected chi connectivity index (χ2v) is 4.91. The fourth-order valence-corrected chi connectivity index (χ4v) is 2.15. The maximum atomic E-state index is 10.6. The molecule has 0 amide bonds. The van der Waals surface area contributed by atoms with Crippen molar-refractivity contribution in [1.29, 1.82) is 0 Å². The molecular weight excluding hydrogens is 238 g/mol. The van der Waals surface area contributed by atoms with Crippen LogP contribution >= 0.6 is 11.8 Å². The van der Waals surface area contributed by atoms with Gasteiger partial charge in [-0.05, 0) is 30.9 Å². The van der Waals surface area contributed by atoms with Gasteiger partial charge in [-0.1, -0.05) is 6.92 Å². The molecular formula is C11H17N3O2S. The second kappa shape index (κ2) is 6.44. The van der Waals surface area contributed by atoms with Crippen LogP contribution in [0.1, 0.15) is 12.6 Å². The van der Waals surface area contributed by atoms with Gasteiger partial charge in [0.05, 0.1) is 4.92 Å². The van der Waals surface area contributed by atoms with Crippen LogP contribution in [-0.2, 0) is 0 Å². The van der Waals surface area contributed by atoms with E-state index in [0.29, 0.717) is 17.4 Å². The van der Waals surface area contributed by atoms with Crippen LogP contribution in [-0.4, -0.2) is 28.5 Å². The van der Waals surface area contributed by atoms with Crippen molar-refractivity contribution in [3.63, 3.8) is 0 Å². The number of anilines is 1. The van der Waals surface area contributed by atoms with Gasteiger partial charge < -0.3 is 5.32 Å². The molecule has 1 heterocycles. The van der Waals surface area contributed by atoms with Crippen LogP contribution in [0.2, 0.25) is 0 Å². The number of hydrogen-bond donors (Lipinski definition) is 1. The Balaban J connectivity index is 2.62. The molecule has 1 N–H and O–H groups in total. The molecule has 5 nitrogen and oxygen atoms in total. The smallest absolute Gasteiger partial charge is 0.290 e. The minimum atomic E-state index is -0.414. The topological polar surface area (TPSA) is 68.1 Å². The Morgan fingerprint density at radius 2 is 2.29 bits per heavy atom. The van der Waals surface area contributed by atoms with Crippen molar-refractivity contribution >= 4 is 23.3 Å². The molecule has 0 saturated carbocycles. The molecule has 0 aliphatic heterocycles. The normalized spacial score (nSPS) is 12.2. The predicted octanol–water partition coefficient (Wildman–Crippen LogP) is 2.71. The number of nitro groups is 1. The van der Waals surface area contributed by atoms with E-state index >= 15 is 0 Å². The number of rotatable bonds is 6. The zero-order valence-electron chi connectivity index (χ0n) is 10.3. The Bertz CT molecular complexity index is 398. The summed E-state index contributed by atoms with van der Waals surface area (Å²) < 4.78 is 0. The van der Waals surface area contributed by atoms with E-state index in [1.165, 1.54) is 6.07 Å². The van der Waals surface area contributed by atoms with Crippen LogP contribution in [0, 0.1) is 23.0 Å². The molecule has 1 aromatic rings. The molecule has 0 saturated heterocycles. The highest BCUT2D eigenvalue weighted by molar-refractivity contribution is 7.98. The van der Waals surface area contributed by atoms with E-state index in [9.17, 15) is 10.1 Å². The van der Waals surface area contributed by atoms with Crippen LogP contribution in [0.15, 0.2) is 12.1 Å². The number of hydrogen-bond acceptors (Lipinski definition) is 5. The van der Waals surface area contributed by atoms with E-state index in [0.717, 1.165) is 12.3 Å². The third kappa shape index (κ3) is 4.22. The molecule has 17 heavy (non-hydrogen) atoms. The van der Waals surface area contributed by atoms with Crippen LogP contribution in [0.4, 0.5) is 11.5 Å². The molecule has 0 bridgehead atoms. The van der Waals surface area contributed by atoms with E-state index in [1.807, 2.05) is 0 Å². The fraction of sp³-hybridized carbons (Fsp3) is 0.545. The summed E-state index contributed by atoms with van der Waals surface area (Å²) in [7, 11) is 0. The van der Waals surface area contributed by atoms with E-state index in [1.54, 1.807) is 24.8 Å². The molecule has 0 radical (unpaired) electrons. The van der Waals surface area contributed by atoms with Crippen molar-refractivity contribution in [3.05, 3.63) is 27.9 Å². The van der Waals surface area contributed by atoms with Crippen molar-refractivity contribution in [2.45, 2.75) is 13.8 Å². The molecule has 0 aromatic carbocycles. The molecule has 94 valence electrons. The van der Waals surface area contributed by atoms with Gasteiger partial charge in [-0.25, -0.2) is 4.98 Å². The van der Waals surface area contributed by atoms with Crippen LogP contribution < -0.4 is 5.32 Å². The van der Waals surface area contributed by atoms with Crippen molar-refractivity contribution in [3.8, 4) is 0 Å². The number of aryl methyl sites for hydroxylation is 1. The minimum absolute atomic E-state index is 0.0627. The number of aromatic nitrogens is 1. The van der Waals surface area contributed by atoms with E-state index in [4.69, 9.17) is 0 Å². The Labute approximate surface area is 105 Å². The van der Waals surface area contributed by atoms with Gasteiger partial charge in [-0.2, -0.15) is 11.8 Å². The number of nitrogens with zero attached hydrogens (tertiary/aromatic N) is 2. The van der Waals surface area contributed by atoms with Gasteiger partial charge in [0.1, 0.15) is 11.5 Å². The van der Waals surface area contributed by atoms with Gasteiger partial charge in [0, 0.05) is 12.6 Å². The second-order valence-electron chi connectivity index (χ2n) is 4.00. The average molecular weight is 255 g/mol. The summed E-state index contributed by atoms with van der Waals surface area (Å²) in [5.41, 5.74) is 0.505. The first-order chi connectivity index (χ1) is 8.04. The lowest BCUT2D eigenvalue weighted by Crippen LogP contribution is -2.14. The Hall–Kier alpha value is -1.30. The summed E-state index contributed by atoms with van der Waals surface area (Å²) in [5, 5.41) is 13.8. The standard InChI is InChI=1S/C11H17N3O2S/c1-8(7-17-3)6-12-11-5-4-10(14(15)16)9(2)13-11/h4-5,8H,6-7H2,1-3H3,(H,12,13)/t8-/m0/s1. The van der Waals surface area contributed by atoms with Crippen molar-refractivity contribution in [2.24, 2.45) is 5.92 Å². The van der Waals surface area contributed by atoms with Crippen molar-refractivity contribution < 1.29 is 4.92 Å². The lowest BCUT2D eigenvalue weighted by atomic mass is 10.2. The minimum Gasteiger partial charge on any atom is -0.370 e. The average Bonchev–Trinajstić information content (AvgIpc) is 2.26. The summed E-state index contributed by atoms with van der Waals surface area (Å²) in [6.45, 7) is 4.63. The maximum absolute atomic E-state index is 10.6. The Morgan fingerprint density at radius 3 is 2.82 bits per heavy atom. The van der Waals surface area contributed by atoms with Gasteiger partial charge in [0.25, 0.3) is 5.69 Å². The summed E-state index contributed by atoms with van der Waals surface area (Å²) in [6.07, 6.45) is 2.07. The maximum Gasteiger partial charge on any atom is 0.290 e. The van der Waals surface area contributed by atoms with E-state index < -0.39 is 4.92 Å². The van der Waals surface area contributed by atoms with Gasteiger partial charge >= 0.3 is 0 Å². The predicted molar refractivity (Wildman–Crippen MR) is 71.7 cm³/mol. The molecule has 1 aromatic heterocycles. The fourth-order valence-electron chi connectivity index (χ4n) is 1.47. The van der Waals surface area contributed by atoms with Crippen LogP contribution in [0.3, 0.4) is 0 Å². The molecule has 0 aliphatic rings. The Kier molecular flexibility index (Phi) is 5.21. The largest absolute Gasteiger partial charge is 0.370 e. The highest BCUT2D eigenvalue weighted by Crippen LogP contribution is 2.18. The zero-order chi connectivity index (χ0) is 12.8. The van der Waals surface area contributed by atoms with Crippen LogP contribution in [0.5, 0.6) is 0 Å². The molecule has 0 unspecified atom stereocenters. The van der Waals surface area contributed by atoms with E-state index in [2.05, 4.69) is 23.5 Å². The van der Waals surface area contributed by atoms with Crippen LogP contribution in [0.25, 0.3) is 0 Å². The SMILES string of the molecule is CSC[C@@H](C)CNc1ccc([N+](=O)[O-])c(C)n1. The lowest BCUT2D eigenvalue weighted by molar-refractivity contribution is -0.385. The summed E-state index contributed by atoms with van der Waals surface area (Å²) >= 11 is 1.80. The number of nitrogens with one attached hydrogen (secondary N) is 1. The summed E-state index contributed by atoms with van der Waals surface area (Å²) in [6, 6.07) is 3.14. The molecule has 0 aliphatic carbocycles. The molecule has 6 heteroatoms. The van der Waals surface area contributed by atoms with Gasteiger partial charge in [0.2, 0.25) is 0 Å². The molecule has 1 rings (SSSR count). The first kappa shape index (κ1) is 13.8. The third-order valence-electron chi connectivity index (χ3n) is 2.34.